The first-order valence-corrected chi connectivity index (χ1v) is 10.2. The van der Waals surface area contributed by atoms with E-state index in [9.17, 15) is 4.79 Å². The van der Waals surface area contributed by atoms with Crippen molar-refractivity contribution in [1.29, 1.82) is 0 Å². The molecule has 1 amide bonds. The summed E-state index contributed by atoms with van der Waals surface area (Å²) in [7, 11) is 0. The molecule has 1 aliphatic rings. The molecule has 1 saturated heterocycles. The highest BCUT2D eigenvalue weighted by molar-refractivity contribution is 6.30. The molecule has 0 spiro atoms. The lowest BCUT2D eigenvalue weighted by Gasteiger charge is -2.35. The fourth-order valence-corrected chi connectivity index (χ4v) is 3.37. The molecule has 3 rings (SSSR count). The number of nitrogens with zero attached hydrogens (tertiary/aromatic N) is 2. The van der Waals surface area contributed by atoms with Crippen molar-refractivity contribution in [1.82, 2.24) is 9.80 Å². The minimum atomic E-state index is -0.453. The van der Waals surface area contributed by atoms with Gasteiger partial charge in [0.2, 0.25) is 0 Å². The van der Waals surface area contributed by atoms with Gasteiger partial charge in [0.1, 0.15) is 5.75 Å². The summed E-state index contributed by atoms with van der Waals surface area (Å²) in [4.78, 5) is 17.1. The van der Waals surface area contributed by atoms with E-state index < -0.39 is 6.10 Å². The maximum Gasteiger partial charge on any atom is 0.263 e. The van der Waals surface area contributed by atoms with Crippen LogP contribution >= 0.6 is 11.6 Å². The Labute approximate surface area is 172 Å². The molecule has 0 N–H and O–H groups in total. The zero-order valence-corrected chi connectivity index (χ0v) is 17.0. The third kappa shape index (κ3) is 5.85. The summed E-state index contributed by atoms with van der Waals surface area (Å²) in [6, 6.07) is 17.4. The lowest BCUT2D eigenvalue weighted by Crippen LogP contribution is -2.52. The molecule has 0 aromatic heterocycles. The van der Waals surface area contributed by atoms with E-state index in [-0.39, 0.29) is 5.91 Å². The van der Waals surface area contributed by atoms with Crippen molar-refractivity contribution >= 4 is 23.6 Å². The number of ether oxygens (including phenoxy) is 1. The normalized spacial score (nSPS) is 16.3. The highest BCUT2D eigenvalue weighted by atomic mass is 35.5. The van der Waals surface area contributed by atoms with E-state index in [0.29, 0.717) is 17.2 Å². The van der Waals surface area contributed by atoms with Gasteiger partial charge in [-0.15, -0.1) is 0 Å². The highest BCUT2D eigenvalue weighted by Gasteiger charge is 2.27. The van der Waals surface area contributed by atoms with Crippen LogP contribution < -0.4 is 4.74 Å². The average molecular weight is 399 g/mol. The topological polar surface area (TPSA) is 32.8 Å². The molecule has 2 aromatic carbocycles. The molecule has 1 heterocycles. The van der Waals surface area contributed by atoms with E-state index in [1.165, 1.54) is 5.56 Å². The first-order valence-electron chi connectivity index (χ1n) is 9.80. The molecule has 0 saturated carbocycles. The minimum Gasteiger partial charge on any atom is -0.481 e. The van der Waals surface area contributed by atoms with Crippen molar-refractivity contribution < 1.29 is 9.53 Å². The number of benzene rings is 2. The highest BCUT2D eigenvalue weighted by Crippen LogP contribution is 2.19. The van der Waals surface area contributed by atoms with Gasteiger partial charge in [-0.2, -0.15) is 0 Å². The smallest absolute Gasteiger partial charge is 0.263 e. The number of amides is 1. The van der Waals surface area contributed by atoms with Crippen molar-refractivity contribution in [3.63, 3.8) is 0 Å². The monoisotopic (exact) mass is 398 g/mol. The van der Waals surface area contributed by atoms with Gasteiger partial charge in [0, 0.05) is 37.7 Å². The molecule has 1 aliphatic heterocycles. The quantitative estimate of drug-likeness (QED) is 0.694. The molecule has 2 aromatic rings. The van der Waals surface area contributed by atoms with Crippen LogP contribution in [0.2, 0.25) is 5.02 Å². The first kappa shape index (κ1) is 20.4. The second-order valence-electron chi connectivity index (χ2n) is 6.91. The van der Waals surface area contributed by atoms with Gasteiger partial charge in [0.05, 0.1) is 0 Å². The molecular weight excluding hydrogens is 372 g/mol. The van der Waals surface area contributed by atoms with Crippen LogP contribution in [0.3, 0.4) is 0 Å². The van der Waals surface area contributed by atoms with Crippen molar-refractivity contribution in [2.45, 2.75) is 19.4 Å². The number of hydrogen-bond acceptors (Lipinski definition) is 3. The zero-order chi connectivity index (χ0) is 19.8. The molecule has 0 bridgehead atoms. The van der Waals surface area contributed by atoms with Crippen LogP contribution in [0.5, 0.6) is 5.75 Å². The molecule has 0 unspecified atom stereocenters. The van der Waals surface area contributed by atoms with Gasteiger partial charge in [0.15, 0.2) is 6.10 Å². The minimum absolute atomic E-state index is 0.0666. The fraction of sp³-hybridized carbons (Fsp3) is 0.348. The molecule has 148 valence electrons. The molecule has 0 aliphatic carbocycles. The van der Waals surface area contributed by atoms with Crippen LogP contribution in [0.25, 0.3) is 6.08 Å². The van der Waals surface area contributed by atoms with Crippen LogP contribution in [0.4, 0.5) is 0 Å². The standard InChI is InChI=1S/C23H27ClN2O2/c1-2-22(28-21-12-10-20(24)11-13-21)23(27)26-17-15-25(16-18-26)14-6-9-19-7-4-3-5-8-19/h3-13,22H,2,14-18H2,1H3/b9-6+/t22-/m0/s1. The maximum atomic E-state index is 12.8. The molecule has 1 fully saturated rings. The summed E-state index contributed by atoms with van der Waals surface area (Å²) in [5.74, 6) is 0.742. The summed E-state index contributed by atoms with van der Waals surface area (Å²) in [6.45, 7) is 6.10. The van der Waals surface area contributed by atoms with Crippen molar-refractivity contribution in [3.8, 4) is 5.75 Å². The predicted molar refractivity (Wildman–Crippen MR) is 115 cm³/mol. The van der Waals surface area contributed by atoms with Crippen LogP contribution in [-0.4, -0.2) is 54.5 Å². The second-order valence-corrected chi connectivity index (χ2v) is 7.34. The first-order chi connectivity index (χ1) is 13.7. The number of halogens is 1. The number of carbonyl (C=O) groups excluding carboxylic acids is 1. The van der Waals surface area contributed by atoms with Gasteiger partial charge in [-0.25, -0.2) is 0 Å². The second kappa shape index (κ2) is 10.3. The lowest BCUT2D eigenvalue weighted by atomic mass is 10.2. The summed E-state index contributed by atoms with van der Waals surface area (Å²) in [5, 5.41) is 0.657. The summed E-state index contributed by atoms with van der Waals surface area (Å²) < 4.78 is 5.90. The van der Waals surface area contributed by atoms with Gasteiger partial charge in [-0.1, -0.05) is 61.0 Å². The number of hydrogen-bond donors (Lipinski definition) is 0. The van der Waals surface area contributed by atoms with Crippen LogP contribution in [0.15, 0.2) is 60.7 Å². The summed E-state index contributed by atoms with van der Waals surface area (Å²) >= 11 is 5.91. The van der Waals surface area contributed by atoms with E-state index in [0.717, 1.165) is 32.7 Å². The van der Waals surface area contributed by atoms with Gasteiger partial charge in [-0.05, 0) is 36.2 Å². The zero-order valence-electron chi connectivity index (χ0n) is 16.3. The Balaban J connectivity index is 1.47. The van der Waals surface area contributed by atoms with Crippen molar-refractivity contribution in [3.05, 3.63) is 71.3 Å². The lowest BCUT2D eigenvalue weighted by molar-refractivity contribution is -0.140. The van der Waals surface area contributed by atoms with E-state index in [1.54, 1.807) is 24.3 Å². The third-order valence-electron chi connectivity index (χ3n) is 4.90. The largest absolute Gasteiger partial charge is 0.481 e. The Morgan fingerprint density at radius 1 is 1.07 bits per heavy atom. The average Bonchev–Trinajstić information content (AvgIpc) is 2.74. The Kier molecular flexibility index (Phi) is 7.52. The SMILES string of the molecule is CC[C@H](Oc1ccc(Cl)cc1)C(=O)N1CCN(C/C=C/c2ccccc2)CC1. The Morgan fingerprint density at radius 2 is 1.75 bits per heavy atom. The molecule has 0 radical (unpaired) electrons. The Hall–Kier alpha value is -2.30. The maximum absolute atomic E-state index is 12.8. The van der Waals surface area contributed by atoms with Crippen LogP contribution in [0, 0.1) is 0 Å². The predicted octanol–water partition coefficient (Wildman–Crippen LogP) is 4.36. The van der Waals surface area contributed by atoms with E-state index in [1.807, 2.05) is 30.0 Å². The van der Waals surface area contributed by atoms with E-state index in [2.05, 4.69) is 29.2 Å². The van der Waals surface area contributed by atoms with Crippen molar-refractivity contribution in [2.24, 2.45) is 0 Å². The number of rotatable bonds is 7. The van der Waals surface area contributed by atoms with E-state index in [4.69, 9.17) is 16.3 Å². The van der Waals surface area contributed by atoms with Crippen molar-refractivity contribution in [2.75, 3.05) is 32.7 Å². The Morgan fingerprint density at radius 3 is 2.39 bits per heavy atom. The fourth-order valence-electron chi connectivity index (χ4n) is 3.24. The summed E-state index contributed by atoms with van der Waals surface area (Å²) in [5.41, 5.74) is 1.21. The number of piperazine rings is 1. The van der Waals surface area contributed by atoms with Gasteiger partial charge >= 0.3 is 0 Å². The third-order valence-corrected chi connectivity index (χ3v) is 5.15. The molecule has 1 atom stereocenters. The van der Waals surface area contributed by atoms with Gasteiger partial charge < -0.3 is 9.64 Å². The van der Waals surface area contributed by atoms with Gasteiger partial charge in [-0.3, -0.25) is 9.69 Å². The van der Waals surface area contributed by atoms with E-state index >= 15 is 0 Å². The molecular formula is C23H27ClN2O2. The number of carbonyl (C=O) groups is 1. The van der Waals surface area contributed by atoms with Crippen LogP contribution in [0.1, 0.15) is 18.9 Å². The molecule has 28 heavy (non-hydrogen) atoms. The summed E-state index contributed by atoms with van der Waals surface area (Å²) in [6.07, 6.45) is 4.52. The van der Waals surface area contributed by atoms with Gasteiger partial charge in [0.25, 0.3) is 5.91 Å². The molecule has 4 nitrogen and oxygen atoms in total. The van der Waals surface area contributed by atoms with Crippen LogP contribution in [-0.2, 0) is 4.79 Å². The molecule has 5 heteroatoms. The Bertz CT molecular complexity index is 769.